The fourth-order valence-corrected chi connectivity index (χ4v) is 1.14. The molecule has 1 aliphatic rings. The van der Waals surface area contributed by atoms with Crippen LogP contribution in [-0.2, 0) is 0 Å². The van der Waals surface area contributed by atoms with E-state index in [2.05, 4.69) is 9.97 Å². The van der Waals surface area contributed by atoms with Gasteiger partial charge in [0.15, 0.2) is 0 Å². The molecular weight excluding hydrogens is 169 g/mol. The molecule has 1 aliphatic heterocycles. The lowest BCUT2D eigenvalue weighted by atomic mass is 9.83. The molecule has 6 heteroatoms. The van der Waals surface area contributed by atoms with E-state index in [0.717, 1.165) is 13.1 Å². The van der Waals surface area contributed by atoms with E-state index < -0.39 is 7.12 Å². The quantitative estimate of drug-likeness (QED) is 0.533. The average Bonchev–Trinajstić information content (AvgIpc) is 2.02. The fraction of sp³-hybridized carbons (Fsp3) is 0.429. The molecule has 68 valence electrons. The van der Waals surface area contributed by atoms with Gasteiger partial charge in [0.05, 0.1) is 0 Å². The summed E-state index contributed by atoms with van der Waals surface area (Å²) >= 11 is 0. The highest BCUT2D eigenvalue weighted by Gasteiger charge is 2.18. The van der Waals surface area contributed by atoms with Gasteiger partial charge in [-0.1, -0.05) is 0 Å². The molecule has 0 aromatic carbocycles. The first kappa shape index (κ1) is 8.46. The molecule has 0 atom stereocenters. The molecule has 2 heterocycles. The second kappa shape index (κ2) is 3.31. The van der Waals surface area contributed by atoms with Gasteiger partial charge in [-0.15, -0.1) is 0 Å². The van der Waals surface area contributed by atoms with Crippen LogP contribution >= 0.6 is 0 Å². The van der Waals surface area contributed by atoms with Crippen molar-refractivity contribution in [1.82, 2.24) is 9.97 Å². The molecular formula is C7H10BN3O2. The third-order valence-corrected chi connectivity index (χ3v) is 2.10. The maximum atomic E-state index is 8.79. The van der Waals surface area contributed by atoms with Gasteiger partial charge in [-0.05, 0) is 6.42 Å². The van der Waals surface area contributed by atoms with E-state index in [0.29, 0.717) is 11.4 Å². The van der Waals surface area contributed by atoms with Crippen LogP contribution in [0.25, 0.3) is 0 Å². The predicted octanol–water partition coefficient (Wildman–Crippen LogP) is -1.63. The molecule has 0 bridgehead atoms. The number of hydrogen-bond acceptors (Lipinski definition) is 5. The van der Waals surface area contributed by atoms with Crippen LogP contribution in [0.1, 0.15) is 6.42 Å². The van der Waals surface area contributed by atoms with Crippen molar-refractivity contribution in [2.75, 3.05) is 18.0 Å². The highest BCUT2D eigenvalue weighted by Crippen LogP contribution is 2.12. The van der Waals surface area contributed by atoms with E-state index in [1.54, 1.807) is 0 Å². The first-order chi connectivity index (χ1) is 6.27. The number of hydrogen-bond donors (Lipinski definition) is 2. The smallest absolute Gasteiger partial charge is 0.423 e. The van der Waals surface area contributed by atoms with Gasteiger partial charge in [0, 0.05) is 30.9 Å². The Morgan fingerprint density at radius 3 is 2.23 bits per heavy atom. The van der Waals surface area contributed by atoms with Crippen molar-refractivity contribution in [1.29, 1.82) is 0 Å². The van der Waals surface area contributed by atoms with Gasteiger partial charge >= 0.3 is 7.12 Å². The lowest BCUT2D eigenvalue weighted by molar-refractivity contribution is 0.425. The van der Waals surface area contributed by atoms with E-state index in [1.165, 1.54) is 18.8 Å². The van der Waals surface area contributed by atoms with E-state index in [-0.39, 0.29) is 0 Å². The standard InChI is InChI=1S/C7H10BN3O2/c12-8(13)6-4-9-7(10-5-6)11-2-1-3-11/h4-5,12-13H,1-3H2. The molecule has 0 spiro atoms. The van der Waals surface area contributed by atoms with Crippen LogP contribution in [0.4, 0.5) is 5.95 Å². The van der Waals surface area contributed by atoms with E-state index in [1.807, 2.05) is 4.90 Å². The molecule has 0 amide bonds. The van der Waals surface area contributed by atoms with E-state index >= 15 is 0 Å². The topological polar surface area (TPSA) is 69.5 Å². The summed E-state index contributed by atoms with van der Waals surface area (Å²) in [4.78, 5) is 10.1. The van der Waals surface area contributed by atoms with E-state index in [9.17, 15) is 0 Å². The van der Waals surface area contributed by atoms with Crippen LogP contribution in [0, 0.1) is 0 Å². The first-order valence-corrected chi connectivity index (χ1v) is 4.20. The maximum Gasteiger partial charge on any atom is 0.491 e. The van der Waals surface area contributed by atoms with Gasteiger partial charge in [0.25, 0.3) is 0 Å². The van der Waals surface area contributed by atoms with Gasteiger partial charge in [-0.2, -0.15) is 0 Å². The Morgan fingerprint density at radius 2 is 1.85 bits per heavy atom. The Balaban J connectivity index is 2.13. The number of anilines is 1. The normalized spacial score (nSPS) is 15.4. The van der Waals surface area contributed by atoms with Gasteiger partial charge in [0.1, 0.15) is 0 Å². The third kappa shape index (κ3) is 1.63. The Hall–Kier alpha value is -1.14. The van der Waals surface area contributed by atoms with Gasteiger partial charge in [-0.3, -0.25) is 0 Å². The van der Waals surface area contributed by atoms with Gasteiger partial charge in [-0.25, -0.2) is 9.97 Å². The molecule has 0 saturated carbocycles. The maximum absolute atomic E-state index is 8.79. The molecule has 2 N–H and O–H groups in total. The zero-order valence-corrected chi connectivity index (χ0v) is 7.09. The number of nitrogens with zero attached hydrogens (tertiary/aromatic N) is 3. The first-order valence-electron chi connectivity index (χ1n) is 4.20. The van der Waals surface area contributed by atoms with E-state index in [4.69, 9.17) is 10.0 Å². The monoisotopic (exact) mass is 179 g/mol. The zero-order valence-electron chi connectivity index (χ0n) is 7.09. The van der Waals surface area contributed by atoms with Crippen molar-refractivity contribution in [3.05, 3.63) is 12.4 Å². The highest BCUT2D eigenvalue weighted by atomic mass is 16.4. The van der Waals surface area contributed by atoms with Crippen molar-refractivity contribution in [3.8, 4) is 0 Å². The summed E-state index contributed by atoms with van der Waals surface area (Å²) in [5.41, 5.74) is 0.323. The predicted molar refractivity (Wildman–Crippen MR) is 48.7 cm³/mol. The fourth-order valence-electron chi connectivity index (χ4n) is 1.14. The molecule has 0 unspecified atom stereocenters. The Bertz CT molecular complexity index is 286. The Morgan fingerprint density at radius 1 is 1.23 bits per heavy atom. The Labute approximate surface area is 76.2 Å². The van der Waals surface area contributed by atoms with Crippen molar-refractivity contribution < 1.29 is 10.0 Å². The molecule has 5 nitrogen and oxygen atoms in total. The molecule has 0 radical (unpaired) electrons. The van der Waals surface area contributed by atoms with Crippen molar-refractivity contribution in [2.24, 2.45) is 0 Å². The van der Waals surface area contributed by atoms with Crippen molar-refractivity contribution in [3.63, 3.8) is 0 Å². The van der Waals surface area contributed by atoms with Crippen LogP contribution in [0.5, 0.6) is 0 Å². The summed E-state index contributed by atoms with van der Waals surface area (Å²) < 4.78 is 0. The largest absolute Gasteiger partial charge is 0.491 e. The van der Waals surface area contributed by atoms with Crippen LogP contribution < -0.4 is 10.4 Å². The summed E-state index contributed by atoms with van der Waals surface area (Å²) in [6.45, 7) is 1.97. The molecule has 1 saturated heterocycles. The molecule has 13 heavy (non-hydrogen) atoms. The van der Waals surface area contributed by atoms with Crippen molar-refractivity contribution >= 4 is 18.5 Å². The van der Waals surface area contributed by atoms with Crippen LogP contribution in [-0.4, -0.2) is 40.2 Å². The van der Waals surface area contributed by atoms with Crippen LogP contribution in [0.3, 0.4) is 0 Å². The van der Waals surface area contributed by atoms with Crippen LogP contribution in [0.2, 0.25) is 0 Å². The molecule has 2 rings (SSSR count). The lowest BCUT2D eigenvalue weighted by Gasteiger charge is -2.30. The molecule has 1 aromatic heterocycles. The average molecular weight is 179 g/mol. The Kier molecular flexibility index (Phi) is 2.16. The summed E-state index contributed by atoms with van der Waals surface area (Å²) in [6, 6.07) is 0. The van der Waals surface area contributed by atoms with Gasteiger partial charge in [0.2, 0.25) is 5.95 Å². The highest BCUT2D eigenvalue weighted by molar-refractivity contribution is 6.58. The minimum absolute atomic E-state index is 0.323. The number of rotatable bonds is 2. The zero-order chi connectivity index (χ0) is 9.26. The molecule has 0 aliphatic carbocycles. The minimum atomic E-state index is -1.48. The number of aromatic nitrogens is 2. The lowest BCUT2D eigenvalue weighted by Crippen LogP contribution is -2.39. The summed E-state index contributed by atoms with van der Waals surface area (Å²) in [6.07, 6.45) is 4.05. The minimum Gasteiger partial charge on any atom is -0.423 e. The van der Waals surface area contributed by atoms with Crippen molar-refractivity contribution in [2.45, 2.75) is 6.42 Å². The summed E-state index contributed by atoms with van der Waals surface area (Å²) in [5.74, 6) is 0.663. The van der Waals surface area contributed by atoms with Crippen LogP contribution in [0.15, 0.2) is 12.4 Å². The molecule has 1 aromatic rings. The third-order valence-electron chi connectivity index (χ3n) is 2.10. The summed E-state index contributed by atoms with van der Waals surface area (Å²) in [7, 11) is -1.48. The SMILES string of the molecule is OB(O)c1cnc(N2CCC2)nc1. The van der Waals surface area contributed by atoms with Gasteiger partial charge < -0.3 is 14.9 Å². The second-order valence-corrected chi connectivity index (χ2v) is 3.03. The summed E-state index contributed by atoms with van der Waals surface area (Å²) in [5, 5.41) is 17.6. The molecule has 1 fully saturated rings. The second-order valence-electron chi connectivity index (χ2n) is 3.03.